The fourth-order valence-electron chi connectivity index (χ4n) is 5.84. The average molecular weight is 768 g/mol. The lowest BCUT2D eigenvalue weighted by Crippen LogP contribution is -2.69. The number of amides is 1. The first-order valence-electron chi connectivity index (χ1n) is 16.0. The van der Waals surface area contributed by atoms with Crippen LogP contribution in [0, 0.1) is 0 Å². The van der Waals surface area contributed by atoms with Crippen molar-refractivity contribution in [3.8, 4) is 0 Å². The quantitative estimate of drug-likeness (QED) is 0.0611. The van der Waals surface area contributed by atoms with Crippen LogP contribution in [0.5, 0.6) is 0 Å². The monoisotopic (exact) mass is 767 g/mol. The van der Waals surface area contributed by atoms with Gasteiger partial charge < -0.3 is 115 Å². The van der Waals surface area contributed by atoms with Crippen molar-refractivity contribution < 1.29 is 115 Å². The summed E-state index contributed by atoms with van der Waals surface area (Å²) in [7, 11) is 0. The molecule has 52 heavy (non-hydrogen) atoms. The third kappa shape index (κ3) is 9.93. The summed E-state index contributed by atoms with van der Waals surface area (Å²) in [5.74, 6) is -0.837. The predicted molar refractivity (Wildman–Crippen MR) is 159 cm³/mol. The highest BCUT2D eigenvalue weighted by Gasteiger charge is 2.54. The Kier molecular flexibility index (Phi) is 17.0. The van der Waals surface area contributed by atoms with Crippen LogP contribution in [0.2, 0.25) is 0 Å². The first-order valence-corrected chi connectivity index (χ1v) is 16.0. The second-order valence-electron chi connectivity index (χ2n) is 12.5. The van der Waals surface area contributed by atoms with E-state index in [4.69, 9.17) is 33.5 Å². The third-order valence-electron chi connectivity index (χ3n) is 8.87. The van der Waals surface area contributed by atoms with Gasteiger partial charge in [0.15, 0.2) is 25.2 Å². The van der Waals surface area contributed by atoms with E-state index in [1.165, 1.54) is 0 Å². The summed E-state index contributed by atoms with van der Waals surface area (Å²) in [6, 6.07) is -1.74. The minimum Gasteiger partial charge on any atom is -0.394 e. The lowest BCUT2D eigenvalue weighted by Gasteiger charge is -2.48. The van der Waals surface area contributed by atoms with Gasteiger partial charge >= 0.3 is 0 Å². The number of ether oxygens (including phenoxy) is 6. The fraction of sp³-hybridized carbons (Fsp3) is 0.929. The van der Waals surface area contributed by atoms with Crippen LogP contribution in [0.25, 0.3) is 0 Å². The van der Waals surface area contributed by atoms with Crippen LogP contribution in [0.1, 0.15) is 6.92 Å². The van der Waals surface area contributed by atoms with Gasteiger partial charge in [-0.2, -0.15) is 0 Å². The molecule has 0 aromatic rings. The van der Waals surface area contributed by atoms with Crippen molar-refractivity contribution in [2.24, 2.45) is 0 Å². The van der Waals surface area contributed by atoms with E-state index < -0.39 is 161 Å². The van der Waals surface area contributed by atoms with Gasteiger partial charge in [-0.25, -0.2) is 0 Å². The Morgan fingerprint density at radius 2 is 1.25 bits per heavy atom. The number of carbonyl (C=O) groups excluding carboxylic acids is 2. The number of aldehydes is 1. The zero-order valence-electron chi connectivity index (χ0n) is 27.5. The van der Waals surface area contributed by atoms with Crippen molar-refractivity contribution in [3.05, 3.63) is 0 Å². The minimum absolute atomic E-state index is 0.0636. The standard InChI is InChI=1S/C28H49NO23/c1-7(35)29-13-17(40)24(11(5-33)49-26(13)47-9(3-31)15(38)18(41)14(37)8(36)2-30)51-28-23(46)20(43)21(44)25(52-28)12(6-34)50-27-22(45)19(42)16(39)10(4-32)48-27/h3,8-28,30,32-34,36-46H,2,4-6H2,1H3,(H,29,35). The Balaban J connectivity index is 1.83. The molecule has 0 aromatic heterocycles. The van der Waals surface area contributed by atoms with E-state index in [9.17, 15) is 81.1 Å². The van der Waals surface area contributed by atoms with Crippen LogP contribution < -0.4 is 5.32 Å². The van der Waals surface area contributed by atoms with Gasteiger partial charge in [0.05, 0.1) is 26.4 Å². The smallest absolute Gasteiger partial charge is 0.217 e. The highest BCUT2D eigenvalue weighted by atomic mass is 16.8. The summed E-state index contributed by atoms with van der Waals surface area (Å²) in [5.41, 5.74) is 0. The van der Waals surface area contributed by atoms with Gasteiger partial charge in [-0.15, -0.1) is 0 Å². The lowest BCUT2D eigenvalue weighted by atomic mass is 9.93. The van der Waals surface area contributed by atoms with E-state index in [2.05, 4.69) is 5.32 Å². The number of aliphatic hydroxyl groups excluding tert-OH is 15. The lowest BCUT2D eigenvalue weighted by molar-refractivity contribution is -0.370. The molecule has 0 aromatic carbocycles. The number of nitrogens with one attached hydrogen (secondary N) is 1. The number of hydrogen-bond acceptors (Lipinski definition) is 23. The Hall–Kier alpha value is -1.70. The van der Waals surface area contributed by atoms with Gasteiger partial charge in [0.25, 0.3) is 0 Å². The van der Waals surface area contributed by atoms with Gasteiger partial charge in [0.2, 0.25) is 5.91 Å². The van der Waals surface area contributed by atoms with E-state index in [0.29, 0.717) is 0 Å². The van der Waals surface area contributed by atoms with E-state index in [0.717, 1.165) is 6.92 Å². The first-order chi connectivity index (χ1) is 24.5. The molecule has 304 valence electrons. The van der Waals surface area contributed by atoms with Crippen molar-refractivity contribution in [1.82, 2.24) is 5.32 Å². The highest BCUT2D eigenvalue weighted by molar-refractivity contribution is 5.73. The van der Waals surface area contributed by atoms with Crippen molar-refractivity contribution in [3.63, 3.8) is 0 Å². The van der Waals surface area contributed by atoms with Gasteiger partial charge in [0, 0.05) is 6.92 Å². The molecule has 3 aliphatic rings. The predicted octanol–water partition coefficient (Wildman–Crippen LogP) is -11.0. The molecular weight excluding hydrogens is 718 g/mol. The molecule has 21 atom stereocenters. The minimum atomic E-state index is -2.30. The molecule has 0 spiro atoms. The molecule has 0 saturated carbocycles. The number of aliphatic hydroxyl groups is 15. The summed E-state index contributed by atoms with van der Waals surface area (Å²) in [4.78, 5) is 23.9. The fourth-order valence-corrected chi connectivity index (χ4v) is 5.84. The van der Waals surface area contributed by atoms with Gasteiger partial charge in [-0.05, 0) is 0 Å². The van der Waals surface area contributed by atoms with Crippen LogP contribution in [-0.4, -0.2) is 244 Å². The van der Waals surface area contributed by atoms with Crippen molar-refractivity contribution in [1.29, 1.82) is 0 Å². The molecule has 24 nitrogen and oxygen atoms in total. The van der Waals surface area contributed by atoms with E-state index >= 15 is 0 Å². The Morgan fingerprint density at radius 3 is 1.79 bits per heavy atom. The van der Waals surface area contributed by atoms with Crippen LogP contribution in [0.15, 0.2) is 0 Å². The normalized spacial score (nSPS) is 42.0. The zero-order chi connectivity index (χ0) is 39.2. The zero-order valence-corrected chi connectivity index (χ0v) is 27.5. The van der Waals surface area contributed by atoms with Crippen LogP contribution in [0.3, 0.4) is 0 Å². The highest BCUT2D eigenvalue weighted by Crippen LogP contribution is 2.33. The topological polar surface area (TPSA) is 405 Å². The van der Waals surface area contributed by atoms with Crippen molar-refractivity contribution >= 4 is 12.2 Å². The summed E-state index contributed by atoms with van der Waals surface area (Å²) in [6.45, 7) is -2.96. The second-order valence-corrected chi connectivity index (χ2v) is 12.5. The molecule has 3 heterocycles. The molecule has 0 bridgehead atoms. The van der Waals surface area contributed by atoms with Gasteiger partial charge in [0.1, 0.15) is 110 Å². The Bertz CT molecular complexity index is 1110. The third-order valence-corrected chi connectivity index (χ3v) is 8.87. The molecule has 3 rings (SSSR count). The Morgan fingerprint density at radius 1 is 0.673 bits per heavy atom. The van der Waals surface area contributed by atoms with Gasteiger partial charge in [-0.3, -0.25) is 4.79 Å². The molecule has 0 radical (unpaired) electrons. The largest absolute Gasteiger partial charge is 0.394 e. The number of rotatable bonds is 17. The number of hydrogen-bond donors (Lipinski definition) is 16. The summed E-state index contributed by atoms with van der Waals surface area (Å²) >= 11 is 0. The molecule has 3 fully saturated rings. The van der Waals surface area contributed by atoms with E-state index in [-0.39, 0.29) is 6.29 Å². The summed E-state index contributed by atoms with van der Waals surface area (Å²) in [6.07, 6.45) is -39.2. The van der Waals surface area contributed by atoms with Gasteiger partial charge in [-0.1, -0.05) is 0 Å². The van der Waals surface area contributed by atoms with Crippen molar-refractivity contribution in [2.45, 2.75) is 136 Å². The van der Waals surface area contributed by atoms with E-state index in [1.807, 2.05) is 0 Å². The van der Waals surface area contributed by atoms with E-state index in [1.54, 1.807) is 0 Å². The maximum absolute atomic E-state index is 12.1. The van der Waals surface area contributed by atoms with Crippen LogP contribution in [0.4, 0.5) is 0 Å². The SMILES string of the molecule is CC(=O)NC1C(OC(C=O)C(O)C(O)C(O)C(O)CO)OC(CO)C(OC2OC(C(CO)OC3OC(CO)C(O)C(O)C3O)C(O)C(O)C2O)C1O. The molecule has 16 N–H and O–H groups in total. The van der Waals surface area contributed by atoms with Crippen LogP contribution >= 0.6 is 0 Å². The molecule has 0 aliphatic carbocycles. The average Bonchev–Trinajstić information content (AvgIpc) is 3.13. The Labute approximate surface area is 294 Å². The number of carbonyl (C=O) groups is 2. The summed E-state index contributed by atoms with van der Waals surface area (Å²) < 4.78 is 33.0. The van der Waals surface area contributed by atoms with Crippen molar-refractivity contribution in [2.75, 3.05) is 26.4 Å². The molecule has 24 heteroatoms. The van der Waals surface area contributed by atoms with Crippen LogP contribution in [-0.2, 0) is 38.0 Å². The maximum Gasteiger partial charge on any atom is 0.217 e. The maximum atomic E-state index is 12.1. The molecule has 3 saturated heterocycles. The summed E-state index contributed by atoms with van der Waals surface area (Å²) in [5, 5.41) is 155. The second kappa shape index (κ2) is 19.8. The molecule has 21 unspecified atom stereocenters. The molecule has 3 aliphatic heterocycles. The molecule has 1 amide bonds. The molecular formula is C28H49NO23. The first kappa shape index (κ1) is 44.7.